The van der Waals surface area contributed by atoms with Crippen LogP contribution in [0.5, 0.6) is 0 Å². The van der Waals surface area contributed by atoms with Crippen molar-refractivity contribution in [2.45, 2.75) is 19.4 Å². The minimum Gasteiger partial charge on any atom is -0.398 e. The fourth-order valence-corrected chi connectivity index (χ4v) is 2.12. The highest BCUT2D eigenvalue weighted by atomic mass is 16.3. The Morgan fingerprint density at radius 2 is 2.29 bits per heavy atom. The Balaban J connectivity index is 2.21. The number of β-amino-alcohol motifs (C(OH)–C–C–N with tert-alkyl or cyclic N) is 1. The van der Waals surface area contributed by atoms with Gasteiger partial charge in [0.1, 0.15) is 6.07 Å². The van der Waals surface area contributed by atoms with E-state index in [1.54, 1.807) is 12.1 Å². The van der Waals surface area contributed by atoms with Crippen molar-refractivity contribution in [3.05, 3.63) is 23.8 Å². The van der Waals surface area contributed by atoms with E-state index in [-0.39, 0.29) is 6.10 Å². The highest BCUT2D eigenvalue weighted by Gasteiger charge is 2.24. The second kappa shape index (κ2) is 4.64. The maximum atomic E-state index is 9.86. The van der Waals surface area contributed by atoms with Gasteiger partial charge in [-0.15, -0.1) is 0 Å². The first-order valence-corrected chi connectivity index (χ1v) is 5.84. The van der Waals surface area contributed by atoms with E-state index in [9.17, 15) is 5.11 Å². The van der Waals surface area contributed by atoms with Gasteiger partial charge in [0.2, 0.25) is 0 Å². The summed E-state index contributed by atoms with van der Waals surface area (Å²) in [7, 11) is 0. The van der Waals surface area contributed by atoms with Crippen molar-refractivity contribution in [1.29, 1.82) is 5.26 Å². The van der Waals surface area contributed by atoms with E-state index in [0.29, 0.717) is 23.7 Å². The molecular weight excluding hydrogens is 214 g/mol. The molecule has 0 aromatic heterocycles. The third-order valence-electron chi connectivity index (χ3n) is 3.44. The van der Waals surface area contributed by atoms with Crippen LogP contribution >= 0.6 is 0 Å². The summed E-state index contributed by atoms with van der Waals surface area (Å²) in [6.07, 6.45) is 0.666. The van der Waals surface area contributed by atoms with Gasteiger partial charge in [0, 0.05) is 24.5 Å². The van der Waals surface area contributed by atoms with E-state index in [4.69, 9.17) is 11.0 Å². The van der Waals surface area contributed by atoms with Gasteiger partial charge < -0.3 is 15.7 Å². The molecule has 90 valence electrons. The number of hydrogen-bond donors (Lipinski definition) is 2. The Morgan fingerprint density at radius 1 is 1.53 bits per heavy atom. The van der Waals surface area contributed by atoms with Crippen LogP contribution in [0.1, 0.15) is 18.9 Å². The van der Waals surface area contributed by atoms with E-state index < -0.39 is 0 Å². The van der Waals surface area contributed by atoms with Gasteiger partial charge in [-0.25, -0.2) is 0 Å². The first-order chi connectivity index (χ1) is 8.11. The third-order valence-corrected chi connectivity index (χ3v) is 3.44. The number of nitrogens with two attached hydrogens (primary N) is 1. The van der Waals surface area contributed by atoms with Gasteiger partial charge in [0.25, 0.3) is 0 Å². The molecule has 1 aromatic carbocycles. The van der Waals surface area contributed by atoms with E-state index >= 15 is 0 Å². The normalized spacial score (nSPS) is 24.4. The van der Waals surface area contributed by atoms with Gasteiger partial charge in [-0.2, -0.15) is 5.26 Å². The predicted molar refractivity (Wildman–Crippen MR) is 67.6 cm³/mol. The van der Waals surface area contributed by atoms with Gasteiger partial charge in [-0.3, -0.25) is 0 Å². The van der Waals surface area contributed by atoms with Crippen molar-refractivity contribution >= 4 is 11.4 Å². The average molecular weight is 231 g/mol. The van der Waals surface area contributed by atoms with Crippen molar-refractivity contribution in [2.24, 2.45) is 5.92 Å². The molecule has 17 heavy (non-hydrogen) atoms. The lowest BCUT2D eigenvalue weighted by molar-refractivity contribution is 0.103. The molecule has 1 saturated heterocycles. The van der Waals surface area contributed by atoms with Crippen LogP contribution in [-0.4, -0.2) is 24.3 Å². The SMILES string of the molecule is CC1CCN(c2ccc(N)c(C#N)c2)CC1O. The number of hydrogen-bond acceptors (Lipinski definition) is 4. The van der Waals surface area contributed by atoms with Gasteiger partial charge in [-0.1, -0.05) is 6.92 Å². The van der Waals surface area contributed by atoms with E-state index in [0.717, 1.165) is 18.7 Å². The number of aliphatic hydroxyl groups excluding tert-OH is 1. The van der Waals surface area contributed by atoms with E-state index in [2.05, 4.69) is 17.9 Å². The summed E-state index contributed by atoms with van der Waals surface area (Å²) in [6, 6.07) is 7.52. The first kappa shape index (κ1) is 11.7. The van der Waals surface area contributed by atoms with Gasteiger partial charge in [-0.05, 0) is 30.5 Å². The lowest BCUT2D eigenvalue weighted by Gasteiger charge is -2.35. The zero-order valence-corrected chi connectivity index (χ0v) is 9.93. The number of nitriles is 1. The van der Waals surface area contributed by atoms with Crippen LogP contribution in [0, 0.1) is 17.2 Å². The smallest absolute Gasteiger partial charge is 0.101 e. The molecule has 0 radical (unpaired) electrons. The van der Waals surface area contributed by atoms with Crippen LogP contribution in [0.3, 0.4) is 0 Å². The van der Waals surface area contributed by atoms with Crippen molar-refractivity contribution in [1.82, 2.24) is 0 Å². The summed E-state index contributed by atoms with van der Waals surface area (Å²) in [5.74, 6) is 0.343. The van der Waals surface area contributed by atoms with Crippen molar-refractivity contribution < 1.29 is 5.11 Å². The largest absolute Gasteiger partial charge is 0.398 e. The van der Waals surface area contributed by atoms with Crippen molar-refractivity contribution in [2.75, 3.05) is 23.7 Å². The molecule has 0 bridgehead atoms. The monoisotopic (exact) mass is 231 g/mol. The summed E-state index contributed by atoms with van der Waals surface area (Å²) < 4.78 is 0. The molecule has 0 saturated carbocycles. The quantitative estimate of drug-likeness (QED) is 0.715. The zero-order chi connectivity index (χ0) is 12.4. The molecule has 1 aromatic rings. The number of aliphatic hydroxyl groups is 1. The Labute approximate surface area is 101 Å². The highest BCUT2D eigenvalue weighted by molar-refractivity contribution is 5.62. The molecule has 0 aliphatic carbocycles. The molecule has 4 heteroatoms. The number of benzene rings is 1. The highest BCUT2D eigenvalue weighted by Crippen LogP contribution is 2.25. The third kappa shape index (κ3) is 2.34. The minimum absolute atomic E-state index is 0.299. The second-order valence-corrected chi connectivity index (χ2v) is 4.66. The molecule has 2 rings (SSSR count). The lowest BCUT2D eigenvalue weighted by atomic mass is 9.95. The fraction of sp³-hybridized carbons (Fsp3) is 0.462. The molecule has 4 nitrogen and oxygen atoms in total. The Bertz CT molecular complexity index is 452. The summed E-state index contributed by atoms with van der Waals surface area (Å²) in [5, 5.41) is 18.8. The van der Waals surface area contributed by atoms with Gasteiger partial charge in [0.15, 0.2) is 0 Å². The molecule has 1 heterocycles. The maximum Gasteiger partial charge on any atom is 0.101 e. The summed E-state index contributed by atoms with van der Waals surface area (Å²) in [4.78, 5) is 2.10. The van der Waals surface area contributed by atoms with E-state index in [1.165, 1.54) is 0 Å². The number of nitrogens with zero attached hydrogens (tertiary/aromatic N) is 2. The molecule has 1 aliphatic rings. The standard InChI is InChI=1S/C13H17N3O/c1-9-4-5-16(8-13(9)17)11-2-3-12(15)10(6-11)7-14/h2-3,6,9,13,17H,4-5,8,15H2,1H3. The molecule has 1 aliphatic heterocycles. The Hall–Kier alpha value is -1.73. The lowest BCUT2D eigenvalue weighted by Crippen LogP contribution is -2.42. The maximum absolute atomic E-state index is 9.86. The zero-order valence-electron chi connectivity index (χ0n) is 9.93. The van der Waals surface area contributed by atoms with Crippen LogP contribution < -0.4 is 10.6 Å². The fourth-order valence-electron chi connectivity index (χ4n) is 2.12. The average Bonchev–Trinajstić information content (AvgIpc) is 2.33. The molecule has 1 fully saturated rings. The summed E-state index contributed by atoms with van der Waals surface area (Å²) in [5.41, 5.74) is 7.65. The molecule has 0 spiro atoms. The Morgan fingerprint density at radius 3 is 2.94 bits per heavy atom. The minimum atomic E-state index is -0.299. The van der Waals surface area contributed by atoms with Crippen LogP contribution in [0.4, 0.5) is 11.4 Å². The summed E-state index contributed by atoms with van der Waals surface area (Å²) in [6.45, 7) is 3.59. The molecule has 0 amide bonds. The number of nitrogen functional groups attached to an aromatic ring is 1. The molecule has 3 N–H and O–H groups in total. The van der Waals surface area contributed by atoms with Crippen molar-refractivity contribution in [3.8, 4) is 6.07 Å². The first-order valence-electron chi connectivity index (χ1n) is 5.84. The number of rotatable bonds is 1. The van der Waals surface area contributed by atoms with Gasteiger partial charge >= 0.3 is 0 Å². The van der Waals surface area contributed by atoms with Crippen LogP contribution in [0.25, 0.3) is 0 Å². The van der Waals surface area contributed by atoms with Crippen LogP contribution in [-0.2, 0) is 0 Å². The van der Waals surface area contributed by atoms with Crippen LogP contribution in [0.2, 0.25) is 0 Å². The predicted octanol–water partition coefficient (Wildman–Crippen LogP) is 1.35. The summed E-state index contributed by atoms with van der Waals surface area (Å²) >= 11 is 0. The number of anilines is 2. The molecular formula is C13H17N3O. The topological polar surface area (TPSA) is 73.3 Å². The van der Waals surface area contributed by atoms with E-state index in [1.807, 2.05) is 6.07 Å². The second-order valence-electron chi connectivity index (χ2n) is 4.66. The molecule has 2 atom stereocenters. The Kier molecular flexibility index (Phi) is 3.21. The molecule has 2 unspecified atom stereocenters. The van der Waals surface area contributed by atoms with Crippen molar-refractivity contribution in [3.63, 3.8) is 0 Å². The van der Waals surface area contributed by atoms with Crippen LogP contribution in [0.15, 0.2) is 18.2 Å². The number of piperidine rings is 1. The van der Waals surface area contributed by atoms with Gasteiger partial charge in [0.05, 0.1) is 11.7 Å².